The average Bonchev–Trinajstić information content (AvgIpc) is 2.89. The van der Waals surface area contributed by atoms with Crippen molar-refractivity contribution in [1.82, 2.24) is 5.32 Å². The molecule has 0 aromatic carbocycles. The first-order valence-electron chi connectivity index (χ1n) is 5.68. The van der Waals surface area contributed by atoms with Crippen molar-refractivity contribution in [2.24, 2.45) is 4.99 Å². The molecule has 102 valence electrons. The monoisotopic (exact) mass is 300 g/mol. The number of allylic oxidation sites excluding steroid dienone is 3. The van der Waals surface area contributed by atoms with Crippen LogP contribution in [-0.4, -0.2) is 45.6 Å². The second-order valence-corrected chi connectivity index (χ2v) is 5.94. The van der Waals surface area contributed by atoms with Crippen molar-refractivity contribution in [3.05, 3.63) is 23.4 Å². The third-order valence-corrected chi connectivity index (χ3v) is 5.12. The Labute approximate surface area is 119 Å². The minimum Gasteiger partial charge on any atom is -0.480 e. The number of ketones is 1. The number of hydrogen-bond acceptors (Lipinski definition) is 5. The highest BCUT2D eigenvalue weighted by Gasteiger charge is 2.47. The molecule has 1 aliphatic heterocycles. The Morgan fingerprint density at radius 2 is 2.42 bits per heavy atom. The van der Waals surface area contributed by atoms with E-state index in [-0.39, 0.29) is 17.6 Å². The first kappa shape index (κ1) is 14.1. The molecule has 2 aliphatic rings. The third-order valence-electron chi connectivity index (χ3n) is 3.15. The molecule has 0 fully saturated rings. The number of carboxylic acid groups (broad SMARTS) is 1. The predicted octanol–water partition coefficient (Wildman–Crippen LogP) is 1.19. The molecule has 5 nitrogen and oxygen atoms in total. The fourth-order valence-electron chi connectivity index (χ4n) is 2.07. The SMILES string of the molecule is CC1=C(NCC(=O)O)C=CC(=O)C1(Cl)C1CN=CS1. The molecule has 19 heavy (non-hydrogen) atoms. The van der Waals surface area contributed by atoms with Crippen LogP contribution in [0.5, 0.6) is 0 Å². The van der Waals surface area contributed by atoms with E-state index >= 15 is 0 Å². The first-order chi connectivity index (χ1) is 8.96. The second kappa shape index (κ2) is 5.38. The lowest BCUT2D eigenvalue weighted by atomic mass is 9.85. The molecular formula is C12H13ClN2O3S. The Kier molecular flexibility index (Phi) is 4.01. The zero-order chi connectivity index (χ0) is 14.0. The van der Waals surface area contributed by atoms with E-state index in [1.54, 1.807) is 18.5 Å². The number of nitrogens with one attached hydrogen (secondary N) is 1. The Balaban J connectivity index is 2.28. The van der Waals surface area contributed by atoms with Gasteiger partial charge in [-0.05, 0) is 24.6 Å². The number of nitrogens with zero attached hydrogens (tertiary/aromatic N) is 1. The molecule has 2 unspecified atom stereocenters. The number of hydrogen-bond donors (Lipinski definition) is 2. The lowest BCUT2D eigenvalue weighted by molar-refractivity contribution is -0.135. The molecule has 2 atom stereocenters. The number of aliphatic imine (C=N–C) groups is 1. The van der Waals surface area contributed by atoms with Gasteiger partial charge in [0.25, 0.3) is 0 Å². The van der Waals surface area contributed by atoms with Crippen LogP contribution in [0.3, 0.4) is 0 Å². The van der Waals surface area contributed by atoms with Gasteiger partial charge in [-0.15, -0.1) is 23.4 Å². The fraction of sp³-hybridized carbons (Fsp3) is 0.417. The number of carbonyl (C=O) groups excluding carboxylic acids is 1. The van der Waals surface area contributed by atoms with Gasteiger partial charge < -0.3 is 10.4 Å². The highest BCUT2D eigenvalue weighted by molar-refractivity contribution is 8.13. The summed E-state index contributed by atoms with van der Waals surface area (Å²) in [4.78, 5) is 25.7. The molecule has 0 aromatic heterocycles. The predicted molar refractivity (Wildman–Crippen MR) is 75.8 cm³/mol. The Morgan fingerprint density at radius 1 is 1.68 bits per heavy atom. The van der Waals surface area contributed by atoms with E-state index in [0.717, 1.165) is 0 Å². The maximum Gasteiger partial charge on any atom is 0.322 e. The van der Waals surface area contributed by atoms with Crippen molar-refractivity contribution >= 4 is 40.7 Å². The van der Waals surface area contributed by atoms with Gasteiger partial charge in [0.15, 0.2) is 5.78 Å². The van der Waals surface area contributed by atoms with E-state index in [4.69, 9.17) is 16.7 Å². The molecule has 0 aromatic rings. The standard InChI is InChI=1S/C12H13ClN2O3S/c1-7-8(15-5-11(17)18)2-3-9(16)12(7,13)10-4-14-6-19-10/h2-3,6,10,15H,4-5H2,1H3,(H,17,18). The van der Waals surface area contributed by atoms with E-state index in [9.17, 15) is 9.59 Å². The minimum atomic E-state index is -1.16. The van der Waals surface area contributed by atoms with Gasteiger partial charge in [-0.1, -0.05) is 0 Å². The summed E-state index contributed by atoms with van der Waals surface area (Å²) in [6.45, 7) is 2.02. The topological polar surface area (TPSA) is 78.8 Å². The molecule has 7 heteroatoms. The summed E-state index contributed by atoms with van der Waals surface area (Å²) < 4.78 is 0. The van der Waals surface area contributed by atoms with E-state index < -0.39 is 10.8 Å². The summed E-state index contributed by atoms with van der Waals surface area (Å²) >= 11 is 7.97. The van der Waals surface area contributed by atoms with Crippen LogP contribution in [0.1, 0.15) is 6.92 Å². The molecule has 0 radical (unpaired) electrons. The molecule has 2 rings (SSSR count). The summed E-state index contributed by atoms with van der Waals surface area (Å²) in [5.41, 5.74) is 2.92. The summed E-state index contributed by atoms with van der Waals surface area (Å²) in [6, 6.07) is 0. The number of aliphatic carboxylic acids is 1. The molecular weight excluding hydrogens is 288 g/mol. The maximum absolute atomic E-state index is 12.1. The molecule has 1 aliphatic carbocycles. The lowest BCUT2D eigenvalue weighted by Crippen LogP contribution is -2.46. The van der Waals surface area contributed by atoms with Crippen molar-refractivity contribution in [3.8, 4) is 0 Å². The highest BCUT2D eigenvalue weighted by atomic mass is 35.5. The quantitative estimate of drug-likeness (QED) is 0.763. The molecule has 1 heterocycles. The van der Waals surface area contributed by atoms with Gasteiger partial charge in [0.1, 0.15) is 11.4 Å². The molecule has 0 saturated carbocycles. The summed E-state index contributed by atoms with van der Waals surface area (Å²) in [5, 5.41) is 11.3. The van der Waals surface area contributed by atoms with Crippen LogP contribution in [0, 0.1) is 0 Å². The van der Waals surface area contributed by atoms with Crippen LogP contribution >= 0.6 is 23.4 Å². The lowest BCUT2D eigenvalue weighted by Gasteiger charge is -2.34. The second-order valence-electron chi connectivity index (χ2n) is 4.29. The van der Waals surface area contributed by atoms with Crippen molar-refractivity contribution in [3.63, 3.8) is 0 Å². The van der Waals surface area contributed by atoms with Gasteiger partial charge in [0.2, 0.25) is 0 Å². The first-order valence-corrected chi connectivity index (χ1v) is 7.00. The van der Waals surface area contributed by atoms with Crippen LogP contribution in [0.15, 0.2) is 28.4 Å². The highest BCUT2D eigenvalue weighted by Crippen LogP contribution is 2.41. The van der Waals surface area contributed by atoms with Crippen molar-refractivity contribution < 1.29 is 14.7 Å². The van der Waals surface area contributed by atoms with Crippen LogP contribution in [-0.2, 0) is 9.59 Å². The summed E-state index contributed by atoms with van der Waals surface area (Å²) in [7, 11) is 0. The Morgan fingerprint density at radius 3 is 3.00 bits per heavy atom. The van der Waals surface area contributed by atoms with Crippen LogP contribution in [0.2, 0.25) is 0 Å². The third kappa shape index (κ3) is 2.55. The van der Waals surface area contributed by atoms with Crippen molar-refractivity contribution in [2.75, 3.05) is 13.1 Å². The molecule has 0 amide bonds. The number of rotatable bonds is 4. The summed E-state index contributed by atoms with van der Waals surface area (Å²) in [5.74, 6) is -1.15. The Bertz CT molecular complexity index is 507. The molecule has 0 spiro atoms. The number of carbonyl (C=O) groups is 2. The largest absolute Gasteiger partial charge is 0.480 e. The molecule has 2 N–H and O–H groups in total. The number of thioether (sulfide) groups is 1. The minimum absolute atomic E-state index is 0.159. The number of alkyl halides is 1. The van der Waals surface area contributed by atoms with Crippen molar-refractivity contribution in [1.29, 1.82) is 0 Å². The van der Waals surface area contributed by atoms with Crippen LogP contribution in [0.25, 0.3) is 0 Å². The number of halogens is 1. The average molecular weight is 301 g/mol. The van der Waals surface area contributed by atoms with Crippen molar-refractivity contribution in [2.45, 2.75) is 17.0 Å². The molecule has 0 saturated heterocycles. The van der Waals surface area contributed by atoms with E-state index in [1.165, 1.54) is 17.8 Å². The van der Waals surface area contributed by atoms with Gasteiger partial charge in [-0.3, -0.25) is 14.6 Å². The fourth-order valence-corrected chi connectivity index (χ4v) is 3.43. The smallest absolute Gasteiger partial charge is 0.322 e. The Hall–Kier alpha value is -1.27. The van der Waals surface area contributed by atoms with Crippen LogP contribution in [0.4, 0.5) is 0 Å². The zero-order valence-corrected chi connectivity index (χ0v) is 11.8. The van der Waals surface area contributed by atoms with Gasteiger partial charge >= 0.3 is 5.97 Å². The van der Waals surface area contributed by atoms with Gasteiger partial charge in [-0.2, -0.15) is 0 Å². The maximum atomic E-state index is 12.1. The normalized spacial score (nSPS) is 30.0. The summed E-state index contributed by atoms with van der Waals surface area (Å²) in [6.07, 6.45) is 2.96. The van der Waals surface area contributed by atoms with Gasteiger partial charge in [0, 0.05) is 5.70 Å². The zero-order valence-electron chi connectivity index (χ0n) is 10.2. The van der Waals surface area contributed by atoms with Gasteiger partial charge in [-0.25, -0.2) is 0 Å². The molecule has 0 bridgehead atoms. The van der Waals surface area contributed by atoms with E-state index in [0.29, 0.717) is 17.8 Å². The number of carboxylic acids is 1. The van der Waals surface area contributed by atoms with Crippen LogP contribution < -0.4 is 5.32 Å². The van der Waals surface area contributed by atoms with Gasteiger partial charge in [0.05, 0.1) is 17.3 Å². The van der Waals surface area contributed by atoms with E-state index in [1.807, 2.05) is 0 Å². The van der Waals surface area contributed by atoms with E-state index in [2.05, 4.69) is 10.3 Å².